The number of carbonyl (C=O) groups excluding carboxylic acids is 1. The second-order valence-corrected chi connectivity index (χ2v) is 7.18. The van der Waals surface area contributed by atoms with E-state index in [1.807, 2.05) is 13.0 Å². The quantitative estimate of drug-likeness (QED) is 0.665. The van der Waals surface area contributed by atoms with E-state index >= 15 is 0 Å². The molecule has 0 N–H and O–H groups in total. The zero-order valence-corrected chi connectivity index (χ0v) is 14.3. The number of amides is 1. The topological polar surface area (TPSA) is 73.0 Å². The third-order valence-electron chi connectivity index (χ3n) is 4.38. The molecule has 0 aromatic carbocycles. The molecule has 0 unspecified atom stereocenters. The van der Waals surface area contributed by atoms with Crippen molar-refractivity contribution in [3.05, 3.63) is 45.1 Å². The highest BCUT2D eigenvalue weighted by Crippen LogP contribution is 2.21. The molecule has 0 radical (unpaired) electrons. The zero-order valence-electron chi connectivity index (χ0n) is 13.5. The number of aromatic nitrogens is 4. The lowest BCUT2D eigenvalue weighted by Crippen LogP contribution is -2.35. The van der Waals surface area contributed by atoms with Crippen LogP contribution >= 0.6 is 11.3 Å². The van der Waals surface area contributed by atoms with Crippen LogP contribution in [0.1, 0.15) is 21.2 Å². The van der Waals surface area contributed by atoms with E-state index in [0.29, 0.717) is 37.1 Å². The van der Waals surface area contributed by atoms with Crippen LogP contribution in [0.4, 0.5) is 0 Å². The van der Waals surface area contributed by atoms with Gasteiger partial charge in [0, 0.05) is 44.2 Å². The van der Waals surface area contributed by atoms with E-state index in [1.54, 1.807) is 33.5 Å². The van der Waals surface area contributed by atoms with Crippen molar-refractivity contribution in [1.29, 1.82) is 0 Å². The van der Waals surface area contributed by atoms with Gasteiger partial charge in [0.1, 0.15) is 16.3 Å². The summed E-state index contributed by atoms with van der Waals surface area (Å²) in [6.07, 6.45) is 2.19. The number of hydrogen-bond acceptors (Lipinski definition) is 5. The molecule has 3 aromatic heterocycles. The summed E-state index contributed by atoms with van der Waals surface area (Å²) in [5.74, 6) is 0.697. The standard InChI is InChI=1S/C16H17N5O2S/c1-10-9-11-14(24-10)18-13-4-6-20(7-8-21(13)15(11)22)16(23)12-3-5-17-19(12)2/h3,5,9H,4,6-8H2,1-2H3. The van der Waals surface area contributed by atoms with Crippen LogP contribution in [0.2, 0.25) is 0 Å². The molecule has 0 fully saturated rings. The number of fused-ring (bicyclic) bond motifs is 2. The lowest BCUT2D eigenvalue weighted by molar-refractivity contribution is 0.0748. The van der Waals surface area contributed by atoms with Crippen LogP contribution in [0.25, 0.3) is 10.2 Å². The number of carbonyl (C=O) groups is 1. The lowest BCUT2D eigenvalue weighted by Gasteiger charge is -2.19. The molecule has 8 heteroatoms. The molecule has 3 aromatic rings. The van der Waals surface area contributed by atoms with Crippen LogP contribution < -0.4 is 5.56 Å². The van der Waals surface area contributed by atoms with Crippen LogP contribution in [0, 0.1) is 6.92 Å². The van der Waals surface area contributed by atoms with Crippen molar-refractivity contribution in [2.45, 2.75) is 19.9 Å². The fourth-order valence-electron chi connectivity index (χ4n) is 3.12. The van der Waals surface area contributed by atoms with Gasteiger partial charge in [-0.2, -0.15) is 5.10 Å². The van der Waals surface area contributed by atoms with Gasteiger partial charge in [0.2, 0.25) is 0 Å². The molecule has 4 heterocycles. The molecule has 1 aliphatic heterocycles. The SMILES string of the molecule is Cc1cc2c(=O)n3c(nc2s1)CCN(C(=O)c1ccnn1C)CC3. The van der Waals surface area contributed by atoms with E-state index in [-0.39, 0.29) is 11.5 Å². The Morgan fingerprint density at radius 3 is 2.88 bits per heavy atom. The van der Waals surface area contributed by atoms with Crippen molar-refractivity contribution in [2.75, 3.05) is 13.1 Å². The summed E-state index contributed by atoms with van der Waals surface area (Å²) in [5, 5.41) is 4.72. The number of thiophene rings is 1. The Morgan fingerprint density at radius 2 is 2.12 bits per heavy atom. The number of hydrogen-bond donors (Lipinski definition) is 0. The molecule has 24 heavy (non-hydrogen) atoms. The van der Waals surface area contributed by atoms with Gasteiger partial charge in [-0.3, -0.25) is 18.8 Å². The van der Waals surface area contributed by atoms with Crippen molar-refractivity contribution in [1.82, 2.24) is 24.2 Å². The Labute approximate surface area is 142 Å². The second kappa shape index (κ2) is 5.55. The first-order valence-corrected chi connectivity index (χ1v) is 8.63. The molecular weight excluding hydrogens is 326 g/mol. The van der Waals surface area contributed by atoms with Crippen molar-refractivity contribution in [2.24, 2.45) is 7.05 Å². The normalized spacial score (nSPS) is 14.7. The van der Waals surface area contributed by atoms with Gasteiger partial charge in [-0.15, -0.1) is 11.3 Å². The minimum Gasteiger partial charge on any atom is -0.335 e. The van der Waals surface area contributed by atoms with Crippen LogP contribution in [-0.4, -0.2) is 43.2 Å². The molecule has 0 saturated heterocycles. The third-order valence-corrected chi connectivity index (χ3v) is 5.32. The van der Waals surface area contributed by atoms with Gasteiger partial charge >= 0.3 is 0 Å². The number of aryl methyl sites for hydroxylation is 2. The highest BCUT2D eigenvalue weighted by Gasteiger charge is 2.23. The smallest absolute Gasteiger partial charge is 0.272 e. The lowest BCUT2D eigenvalue weighted by atomic mass is 10.3. The van der Waals surface area contributed by atoms with E-state index in [4.69, 9.17) is 0 Å². The van der Waals surface area contributed by atoms with Gasteiger partial charge in [0.15, 0.2) is 0 Å². The molecule has 1 aliphatic rings. The third kappa shape index (κ3) is 2.34. The monoisotopic (exact) mass is 343 g/mol. The van der Waals surface area contributed by atoms with Crippen molar-refractivity contribution in [3.63, 3.8) is 0 Å². The summed E-state index contributed by atoms with van der Waals surface area (Å²) in [4.78, 5) is 33.7. The summed E-state index contributed by atoms with van der Waals surface area (Å²) in [6, 6.07) is 3.61. The molecule has 124 valence electrons. The highest BCUT2D eigenvalue weighted by molar-refractivity contribution is 7.18. The fraction of sp³-hybridized carbons (Fsp3) is 0.375. The Balaban J connectivity index is 1.67. The molecule has 0 saturated carbocycles. The maximum Gasteiger partial charge on any atom is 0.272 e. The van der Waals surface area contributed by atoms with E-state index in [0.717, 1.165) is 15.5 Å². The first kappa shape index (κ1) is 15.1. The van der Waals surface area contributed by atoms with Gasteiger partial charge in [0.25, 0.3) is 11.5 Å². The summed E-state index contributed by atoms with van der Waals surface area (Å²) in [6.45, 7) is 3.49. The molecule has 1 amide bonds. The Morgan fingerprint density at radius 1 is 1.29 bits per heavy atom. The molecular formula is C16H17N5O2S. The molecule has 0 bridgehead atoms. The summed E-state index contributed by atoms with van der Waals surface area (Å²) in [5.41, 5.74) is 0.548. The minimum atomic E-state index is -0.0616. The van der Waals surface area contributed by atoms with Gasteiger partial charge < -0.3 is 4.90 Å². The zero-order chi connectivity index (χ0) is 16.8. The molecule has 0 atom stereocenters. The number of nitrogens with zero attached hydrogens (tertiary/aromatic N) is 5. The van der Waals surface area contributed by atoms with Gasteiger partial charge in [-0.25, -0.2) is 4.98 Å². The van der Waals surface area contributed by atoms with Gasteiger partial charge in [-0.05, 0) is 19.1 Å². The average Bonchev–Trinajstić information content (AvgIpc) is 3.07. The Hall–Kier alpha value is -2.48. The van der Waals surface area contributed by atoms with E-state index < -0.39 is 0 Å². The fourth-order valence-corrected chi connectivity index (χ4v) is 4.01. The van der Waals surface area contributed by atoms with E-state index in [9.17, 15) is 9.59 Å². The van der Waals surface area contributed by atoms with E-state index in [2.05, 4.69) is 10.1 Å². The molecule has 7 nitrogen and oxygen atoms in total. The van der Waals surface area contributed by atoms with Crippen molar-refractivity contribution < 1.29 is 4.79 Å². The van der Waals surface area contributed by atoms with Crippen molar-refractivity contribution in [3.8, 4) is 0 Å². The van der Waals surface area contributed by atoms with Crippen LogP contribution in [-0.2, 0) is 20.0 Å². The summed E-state index contributed by atoms with van der Waals surface area (Å²) < 4.78 is 3.29. The second-order valence-electron chi connectivity index (χ2n) is 5.94. The molecule has 4 rings (SSSR count). The maximum absolute atomic E-state index is 12.7. The van der Waals surface area contributed by atoms with E-state index in [1.165, 1.54) is 11.3 Å². The first-order valence-electron chi connectivity index (χ1n) is 7.82. The predicted molar refractivity (Wildman–Crippen MR) is 91.4 cm³/mol. The van der Waals surface area contributed by atoms with Crippen molar-refractivity contribution >= 4 is 27.5 Å². The van der Waals surface area contributed by atoms with Gasteiger partial charge in [0.05, 0.1) is 5.39 Å². The minimum absolute atomic E-state index is 0.00539. The van der Waals surface area contributed by atoms with Gasteiger partial charge in [-0.1, -0.05) is 0 Å². The Kier molecular flexibility index (Phi) is 3.49. The van der Waals surface area contributed by atoms with Crippen LogP contribution in [0.5, 0.6) is 0 Å². The van der Waals surface area contributed by atoms with Crippen LogP contribution in [0.3, 0.4) is 0 Å². The molecule has 0 spiro atoms. The predicted octanol–water partition coefficient (Wildman–Crippen LogP) is 1.20. The maximum atomic E-state index is 12.7. The highest BCUT2D eigenvalue weighted by atomic mass is 32.1. The van der Waals surface area contributed by atoms with Crippen LogP contribution in [0.15, 0.2) is 23.1 Å². The Bertz CT molecular complexity index is 1000. The number of rotatable bonds is 1. The first-order chi connectivity index (χ1) is 11.5. The molecule has 0 aliphatic carbocycles. The average molecular weight is 343 g/mol. The largest absolute Gasteiger partial charge is 0.335 e. The summed E-state index contributed by atoms with van der Waals surface area (Å²) >= 11 is 1.54. The summed E-state index contributed by atoms with van der Waals surface area (Å²) in [7, 11) is 1.75.